The second-order valence-corrected chi connectivity index (χ2v) is 8.14. The van der Waals surface area contributed by atoms with Crippen molar-refractivity contribution in [2.45, 2.75) is 6.54 Å². The highest BCUT2D eigenvalue weighted by Gasteiger charge is 2.35. The number of nitriles is 1. The van der Waals surface area contributed by atoms with Crippen LogP contribution in [0.15, 0.2) is 63.9 Å². The number of amides is 2. The van der Waals surface area contributed by atoms with Gasteiger partial charge in [-0.3, -0.25) is 14.5 Å². The van der Waals surface area contributed by atoms with E-state index >= 15 is 0 Å². The third kappa shape index (κ3) is 4.17. The zero-order chi connectivity index (χ0) is 22.8. The molecule has 2 heterocycles. The Morgan fingerprint density at radius 1 is 1.19 bits per heavy atom. The molecule has 1 aliphatic rings. The van der Waals surface area contributed by atoms with Crippen molar-refractivity contribution in [1.29, 1.82) is 5.26 Å². The number of thioether (sulfide) groups is 1. The summed E-state index contributed by atoms with van der Waals surface area (Å²) in [7, 11) is 0. The molecule has 0 radical (unpaired) electrons. The maximum atomic E-state index is 12.8. The SMILES string of the molecule is N#Cc1ccccc1CN1C(=O)S/C(=C/c2ccc(-c3ccc(Cl)c(C(=O)O)c3)o2)C1=O. The molecular formula is C23H13ClN2O5S. The highest BCUT2D eigenvalue weighted by Crippen LogP contribution is 2.35. The van der Waals surface area contributed by atoms with Crippen LogP contribution in [0.1, 0.15) is 27.2 Å². The summed E-state index contributed by atoms with van der Waals surface area (Å²) in [5, 5.41) is 18.1. The summed E-state index contributed by atoms with van der Waals surface area (Å²) in [5.74, 6) is -0.923. The molecule has 1 aromatic heterocycles. The van der Waals surface area contributed by atoms with E-state index in [4.69, 9.17) is 16.0 Å². The molecule has 1 saturated heterocycles. The quantitative estimate of drug-likeness (QED) is 0.502. The Morgan fingerprint density at radius 2 is 1.97 bits per heavy atom. The number of benzene rings is 2. The summed E-state index contributed by atoms with van der Waals surface area (Å²) in [4.78, 5) is 37.7. The summed E-state index contributed by atoms with van der Waals surface area (Å²) < 4.78 is 5.73. The number of carboxylic acid groups (broad SMARTS) is 1. The third-order valence-corrected chi connectivity index (χ3v) is 5.96. The van der Waals surface area contributed by atoms with Crippen molar-refractivity contribution in [2.24, 2.45) is 0 Å². The molecule has 4 rings (SSSR count). The zero-order valence-corrected chi connectivity index (χ0v) is 17.8. The molecule has 7 nitrogen and oxygen atoms in total. The molecule has 1 fully saturated rings. The Labute approximate surface area is 191 Å². The van der Waals surface area contributed by atoms with Crippen molar-refractivity contribution in [3.05, 3.63) is 87.0 Å². The maximum absolute atomic E-state index is 12.8. The number of rotatable bonds is 5. The molecule has 2 amide bonds. The minimum Gasteiger partial charge on any atom is -0.478 e. The summed E-state index contributed by atoms with van der Waals surface area (Å²) in [6.07, 6.45) is 1.46. The van der Waals surface area contributed by atoms with E-state index in [0.717, 1.165) is 16.7 Å². The molecule has 1 N–H and O–H groups in total. The number of nitrogens with zero attached hydrogens (tertiary/aromatic N) is 2. The molecule has 0 spiro atoms. The summed E-state index contributed by atoms with van der Waals surface area (Å²) in [6.45, 7) is -0.00210. The Balaban J connectivity index is 1.57. The third-order valence-electron chi connectivity index (χ3n) is 4.72. The second-order valence-electron chi connectivity index (χ2n) is 6.74. The fraction of sp³-hybridized carbons (Fsp3) is 0.0435. The van der Waals surface area contributed by atoms with Crippen molar-refractivity contribution in [3.63, 3.8) is 0 Å². The Kier molecular flexibility index (Phi) is 5.86. The Hall–Kier alpha value is -3.80. The lowest BCUT2D eigenvalue weighted by Gasteiger charge is -2.13. The van der Waals surface area contributed by atoms with Crippen LogP contribution in [0, 0.1) is 11.3 Å². The van der Waals surface area contributed by atoms with Gasteiger partial charge in [0.2, 0.25) is 0 Å². The van der Waals surface area contributed by atoms with Crippen molar-refractivity contribution < 1.29 is 23.9 Å². The Morgan fingerprint density at radius 3 is 2.72 bits per heavy atom. The van der Waals surface area contributed by atoms with Gasteiger partial charge < -0.3 is 9.52 Å². The number of imide groups is 1. The zero-order valence-electron chi connectivity index (χ0n) is 16.2. The average Bonchev–Trinajstić information content (AvgIpc) is 3.34. The first-order valence-corrected chi connectivity index (χ1v) is 10.4. The van der Waals surface area contributed by atoms with E-state index in [2.05, 4.69) is 6.07 Å². The van der Waals surface area contributed by atoms with Crippen LogP contribution in [-0.4, -0.2) is 27.1 Å². The van der Waals surface area contributed by atoms with E-state index in [1.165, 1.54) is 18.2 Å². The first kappa shape index (κ1) is 21.4. The van der Waals surface area contributed by atoms with Gasteiger partial charge in [-0.1, -0.05) is 29.8 Å². The fourth-order valence-corrected chi connectivity index (χ4v) is 4.15. The summed E-state index contributed by atoms with van der Waals surface area (Å²) >= 11 is 6.69. The first-order chi connectivity index (χ1) is 15.4. The van der Waals surface area contributed by atoms with Gasteiger partial charge in [-0.2, -0.15) is 5.26 Å². The monoisotopic (exact) mass is 464 g/mol. The Bertz CT molecular complexity index is 1340. The van der Waals surface area contributed by atoms with Crippen molar-refractivity contribution in [1.82, 2.24) is 4.90 Å². The molecule has 2 aromatic carbocycles. The predicted molar refractivity (Wildman–Crippen MR) is 119 cm³/mol. The van der Waals surface area contributed by atoms with Crippen LogP contribution < -0.4 is 0 Å². The van der Waals surface area contributed by atoms with Crippen molar-refractivity contribution in [3.8, 4) is 17.4 Å². The molecule has 3 aromatic rings. The van der Waals surface area contributed by atoms with E-state index in [-0.39, 0.29) is 22.0 Å². The van der Waals surface area contributed by atoms with E-state index in [9.17, 15) is 24.8 Å². The van der Waals surface area contributed by atoms with Gasteiger partial charge in [0, 0.05) is 11.6 Å². The van der Waals surface area contributed by atoms with Crippen LogP contribution >= 0.6 is 23.4 Å². The highest BCUT2D eigenvalue weighted by atomic mass is 35.5. The second kappa shape index (κ2) is 8.75. The van der Waals surface area contributed by atoms with Crippen LogP contribution in [0.5, 0.6) is 0 Å². The van der Waals surface area contributed by atoms with E-state index in [1.54, 1.807) is 42.5 Å². The van der Waals surface area contributed by atoms with Gasteiger partial charge in [-0.25, -0.2) is 4.79 Å². The topological polar surface area (TPSA) is 112 Å². The van der Waals surface area contributed by atoms with E-state index in [1.807, 2.05) is 0 Å². The van der Waals surface area contributed by atoms with Crippen LogP contribution in [0.3, 0.4) is 0 Å². The lowest BCUT2D eigenvalue weighted by Crippen LogP contribution is -2.27. The smallest absolute Gasteiger partial charge is 0.337 e. The first-order valence-electron chi connectivity index (χ1n) is 9.24. The number of carboxylic acids is 1. The lowest BCUT2D eigenvalue weighted by molar-refractivity contribution is -0.123. The number of hydrogen-bond donors (Lipinski definition) is 1. The molecule has 1 aliphatic heterocycles. The van der Waals surface area contributed by atoms with Gasteiger partial charge in [-0.05, 0) is 53.7 Å². The van der Waals surface area contributed by atoms with Gasteiger partial charge in [0.05, 0.1) is 33.7 Å². The lowest BCUT2D eigenvalue weighted by atomic mass is 10.1. The standard InChI is InChI=1S/C23H13ClN2O5S/c24-18-7-5-13(9-17(18)22(28)29)19-8-6-16(31-19)10-20-21(27)26(23(30)32-20)12-15-4-2-1-3-14(15)11-25/h1-10H,12H2,(H,28,29)/b20-10+. The average molecular weight is 465 g/mol. The molecule has 9 heteroatoms. The van der Waals surface area contributed by atoms with E-state index in [0.29, 0.717) is 28.2 Å². The number of carbonyl (C=O) groups excluding carboxylic acids is 2. The highest BCUT2D eigenvalue weighted by molar-refractivity contribution is 8.18. The molecular weight excluding hydrogens is 452 g/mol. The van der Waals surface area contributed by atoms with Crippen LogP contribution in [0.2, 0.25) is 5.02 Å². The minimum absolute atomic E-state index is 0.00210. The number of halogens is 1. The van der Waals surface area contributed by atoms with Crippen LogP contribution in [0.4, 0.5) is 4.79 Å². The van der Waals surface area contributed by atoms with Crippen LogP contribution in [-0.2, 0) is 11.3 Å². The predicted octanol–water partition coefficient (Wildman–Crippen LogP) is 5.41. The largest absolute Gasteiger partial charge is 0.478 e. The number of furan rings is 1. The van der Waals surface area contributed by atoms with Gasteiger partial charge in [0.15, 0.2) is 0 Å². The van der Waals surface area contributed by atoms with Gasteiger partial charge in [0.1, 0.15) is 11.5 Å². The number of aromatic carboxylic acids is 1. The summed E-state index contributed by atoms with van der Waals surface area (Å²) in [5.41, 5.74) is 1.43. The minimum atomic E-state index is -1.16. The van der Waals surface area contributed by atoms with Crippen molar-refractivity contribution >= 4 is 46.6 Å². The van der Waals surface area contributed by atoms with E-state index < -0.39 is 17.1 Å². The molecule has 0 saturated carbocycles. The summed E-state index contributed by atoms with van der Waals surface area (Å²) in [6, 6.07) is 16.6. The number of carbonyl (C=O) groups is 3. The molecule has 158 valence electrons. The van der Waals surface area contributed by atoms with Gasteiger partial charge in [0.25, 0.3) is 11.1 Å². The van der Waals surface area contributed by atoms with Gasteiger partial charge >= 0.3 is 5.97 Å². The normalized spacial score (nSPS) is 14.8. The molecule has 0 aliphatic carbocycles. The maximum Gasteiger partial charge on any atom is 0.337 e. The van der Waals surface area contributed by atoms with Gasteiger partial charge in [-0.15, -0.1) is 0 Å². The van der Waals surface area contributed by atoms with Crippen LogP contribution in [0.25, 0.3) is 17.4 Å². The number of hydrogen-bond acceptors (Lipinski definition) is 6. The molecule has 0 unspecified atom stereocenters. The molecule has 0 atom stereocenters. The van der Waals surface area contributed by atoms with Crippen molar-refractivity contribution in [2.75, 3.05) is 0 Å². The molecule has 0 bridgehead atoms. The fourth-order valence-electron chi connectivity index (χ4n) is 3.13. The molecule has 32 heavy (non-hydrogen) atoms.